The van der Waals surface area contributed by atoms with Gasteiger partial charge in [-0.05, 0) is 45.6 Å². The first kappa shape index (κ1) is 22.6. The number of hydrogen-bond donors (Lipinski definition) is 1. The van der Waals surface area contributed by atoms with Crippen LogP contribution in [0.3, 0.4) is 0 Å². The molecule has 0 unspecified atom stereocenters. The van der Waals surface area contributed by atoms with Gasteiger partial charge in [-0.3, -0.25) is 0 Å². The van der Waals surface area contributed by atoms with Gasteiger partial charge in [0.25, 0.3) is 0 Å². The number of methoxy groups -OCH3 is 1. The van der Waals surface area contributed by atoms with Crippen LogP contribution in [-0.2, 0) is 11.6 Å². The van der Waals surface area contributed by atoms with Gasteiger partial charge in [-0.1, -0.05) is 38.1 Å². The van der Waals surface area contributed by atoms with Crippen LogP contribution in [0.1, 0.15) is 37.5 Å². The van der Waals surface area contributed by atoms with Crippen LogP contribution in [0.15, 0.2) is 50.9 Å². The monoisotopic (exact) mass is 475 g/mol. The van der Waals surface area contributed by atoms with Gasteiger partial charge in [0.1, 0.15) is 5.75 Å². The molecule has 0 saturated heterocycles. The number of alkyl halides is 3. The van der Waals surface area contributed by atoms with Crippen molar-refractivity contribution in [2.45, 2.75) is 37.3 Å². The molecule has 0 atom stereocenters. The van der Waals surface area contributed by atoms with Gasteiger partial charge in [-0.25, -0.2) is 0 Å². The predicted molar refractivity (Wildman–Crippen MR) is 110 cm³/mol. The Morgan fingerprint density at radius 2 is 1.79 bits per heavy atom. The van der Waals surface area contributed by atoms with E-state index in [9.17, 15) is 18.4 Å². The van der Waals surface area contributed by atoms with Crippen LogP contribution in [-0.4, -0.2) is 23.8 Å². The third-order valence-electron chi connectivity index (χ3n) is 4.07. The van der Waals surface area contributed by atoms with E-state index in [1.807, 2.05) is 26.8 Å². The minimum absolute atomic E-state index is 0.0753. The molecule has 2 rings (SSSR count). The Morgan fingerprint density at radius 1 is 1.14 bits per heavy atom. The second kappa shape index (κ2) is 8.78. The first-order chi connectivity index (χ1) is 13.0. The number of halogens is 4. The summed E-state index contributed by atoms with van der Waals surface area (Å²) in [5.41, 5.74) is 0.818. The lowest BCUT2D eigenvalue weighted by molar-refractivity contribution is -0.139. The quantitative estimate of drug-likeness (QED) is 0.225. The maximum atomic E-state index is 13.2. The largest absolute Gasteiger partial charge is 0.495 e. The zero-order valence-electron chi connectivity index (χ0n) is 15.9. The van der Waals surface area contributed by atoms with E-state index in [-0.39, 0.29) is 21.8 Å². The molecule has 0 bridgehead atoms. The van der Waals surface area contributed by atoms with Crippen LogP contribution in [0, 0.1) is 0 Å². The zero-order chi connectivity index (χ0) is 21.1. The highest BCUT2D eigenvalue weighted by Crippen LogP contribution is 2.39. The van der Waals surface area contributed by atoms with E-state index in [0.29, 0.717) is 15.8 Å². The third-order valence-corrected chi connectivity index (χ3v) is 5.74. The van der Waals surface area contributed by atoms with Crippen molar-refractivity contribution in [2.75, 3.05) is 12.9 Å². The second-order valence-electron chi connectivity index (χ2n) is 7.12. The van der Waals surface area contributed by atoms with Gasteiger partial charge < -0.3 is 9.94 Å². The highest BCUT2D eigenvalue weighted by Gasteiger charge is 2.33. The number of rotatable bonds is 5. The molecule has 0 aliphatic heterocycles. The SMILES string of the molecule is COc1c(Br)cc(/C(CSc2ccccc2C(F)(F)F)=N\O)cc1C(C)(C)C. The molecule has 2 aromatic carbocycles. The first-order valence-corrected chi connectivity index (χ1v) is 10.1. The molecule has 8 heteroatoms. The molecule has 0 radical (unpaired) electrons. The van der Waals surface area contributed by atoms with Gasteiger partial charge >= 0.3 is 6.18 Å². The Kier molecular flexibility index (Phi) is 7.09. The summed E-state index contributed by atoms with van der Waals surface area (Å²) in [6.07, 6.45) is -4.44. The lowest BCUT2D eigenvalue weighted by Gasteiger charge is -2.24. The normalized spacial score (nSPS) is 12.9. The fourth-order valence-electron chi connectivity index (χ4n) is 2.67. The Bertz CT molecular complexity index is 877. The molecule has 0 fully saturated rings. The minimum atomic E-state index is -4.44. The molecule has 0 heterocycles. The number of ether oxygens (including phenoxy) is 1. The summed E-state index contributed by atoms with van der Waals surface area (Å²) in [7, 11) is 1.57. The van der Waals surface area contributed by atoms with Crippen molar-refractivity contribution in [3.05, 3.63) is 57.6 Å². The Balaban J connectivity index is 2.37. The number of thioether (sulfide) groups is 1. The van der Waals surface area contributed by atoms with Crippen molar-refractivity contribution in [3.63, 3.8) is 0 Å². The van der Waals surface area contributed by atoms with Gasteiger partial charge in [0, 0.05) is 21.8 Å². The highest BCUT2D eigenvalue weighted by molar-refractivity contribution is 9.10. The van der Waals surface area contributed by atoms with Gasteiger partial charge in [0.15, 0.2) is 0 Å². The third kappa shape index (κ3) is 5.23. The maximum absolute atomic E-state index is 13.2. The lowest BCUT2D eigenvalue weighted by atomic mass is 9.85. The van der Waals surface area contributed by atoms with Crippen LogP contribution in [0.25, 0.3) is 0 Å². The van der Waals surface area contributed by atoms with Crippen molar-refractivity contribution >= 4 is 33.4 Å². The number of hydrogen-bond acceptors (Lipinski definition) is 4. The zero-order valence-corrected chi connectivity index (χ0v) is 18.3. The molecular formula is C20H21BrF3NO2S. The second-order valence-corrected chi connectivity index (χ2v) is 8.99. The topological polar surface area (TPSA) is 41.8 Å². The van der Waals surface area contributed by atoms with Gasteiger partial charge in [0.2, 0.25) is 0 Å². The maximum Gasteiger partial charge on any atom is 0.417 e. The van der Waals surface area contributed by atoms with E-state index in [4.69, 9.17) is 4.74 Å². The predicted octanol–water partition coefficient (Wildman–Crippen LogP) is 6.74. The number of oxime groups is 1. The van der Waals surface area contributed by atoms with E-state index in [2.05, 4.69) is 21.1 Å². The molecule has 0 spiro atoms. The average Bonchev–Trinajstić information content (AvgIpc) is 2.60. The van der Waals surface area contributed by atoms with Gasteiger partial charge in [-0.2, -0.15) is 13.2 Å². The van der Waals surface area contributed by atoms with E-state index < -0.39 is 11.7 Å². The fraction of sp³-hybridized carbons (Fsp3) is 0.350. The summed E-state index contributed by atoms with van der Waals surface area (Å²) < 4.78 is 45.7. The summed E-state index contributed by atoms with van der Waals surface area (Å²) >= 11 is 4.44. The molecule has 2 aromatic rings. The van der Waals surface area contributed by atoms with E-state index >= 15 is 0 Å². The summed E-state index contributed by atoms with van der Waals surface area (Å²) in [6.45, 7) is 6.06. The molecule has 3 nitrogen and oxygen atoms in total. The van der Waals surface area contributed by atoms with Crippen molar-refractivity contribution in [2.24, 2.45) is 5.16 Å². The molecule has 1 N–H and O–H groups in total. The van der Waals surface area contributed by atoms with Crippen molar-refractivity contribution < 1.29 is 23.1 Å². The van der Waals surface area contributed by atoms with Crippen LogP contribution < -0.4 is 4.74 Å². The van der Waals surface area contributed by atoms with E-state index in [0.717, 1.165) is 23.4 Å². The molecule has 0 saturated carbocycles. The average molecular weight is 476 g/mol. The van der Waals surface area contributed by atoms with Gasteiger partial charge in [0.05, 0.1) is 22.9 Å². The van der Waals surface area contributed by atoms with Crippen LogP contribution in [0.5, 0.6) is 5.75 Å². The van der Waals surface area contributed by atoms with E-state index in [1.165, 1.54) is 12.1 Å². The molecule has 0 aliphatic rings. The molecule has 152 valence electrons. The summed E-state index contributed by atoms with van der Waals surface area (Å²) in [5.74, 6) is 0.745. The Hall–Kier alpha value is -1.67. The standard InChI is InChI=1S/C20H21BrF3NO2S/c1-19(2,3)14-9-12(10-15(21)18(14)27-4)16(25-26)11-28-17-8-6-5-7-13(17)20(22,23)24/h5-10,26H,11H2,1-4H3/b25-16-. The van der Waals surface area contributed by atoms with Crippen LogP contribution in [0.4, 0.5) is 13.2 Å². The summed E-state index contributed by atoms with van der Waals surface area (Å²) in [4.78, 5) is 0.0831. The molecule has 0 aromatic heterocycles. The number of nitrogens with zero attached hydrogens (tertiary/aromatic N) is 1. The molecule has 0 aliphatic carbocycles. The Labute approximate surface area is 175 Å². The number of benzene rings is 2. The smallest absolute Gasteiger partial charge is 0.417 e. The van der Waals surface area contributed by atoms with Gasteiger partial charge in [-0.15, -0.1) is 11.8 Å². The Morgan fingerprint density at radius 3 is 2.32 bits per heavy atom. The summed E-state index contributed by atoms with van der Waals surface area (Å²) in [5, 5.41) is 12.8. The minimum Gasteiger partial charge on any atom is -0.495 e. The first-order valence-electron chi connectivity index (χ1n) is 8.37. The molecule has 0 amide bonds. The molecular weight excluding hydrogens is 455 g/mol. The van der Waals surface area contributed by atoms with Crippen LogP contribution in [0.2, 0.25) is 0 Å². The van der Waals surface area contributed by atoms with E-state index in [1.54, 1.807) is 19.2 Å². The lowest BCUT2D eigenvalue weighted by Crippen LogP contribution is -2.16. The van der Waals surface area contributed by atoms with Crippen molar-refractivity contribution in [1.29, 1.82) is 0 Å². The fourth-order valence-corrected chi connectivity index (χ4v) is 4.32. The molecule has 28 heavy (non-hydrogen) atoms. The summed E-state index contributed by atoms with van der Waals surface area (Å²) in [6, 6.07) is 8.93. The van der Waals surface area contributed by atoms with Crippen LogP contribution >= 0.6 is 27.7 Å². The van der Waals surface area contributed by atoms with Crippen molar-refractivity contribution in [3.8, 4) is 5.75 Å². The van der Waals surface area contributed by atoms with Crippen molar-refractivity contribution in [1.82, 2.24) is 0 Å². The highest BCUT2D eigenvalue weighted by atomic mass is 79.9.